The number of anilines is 1. The minimum Gasteiger partial charge on any atom is -0.393 e. The van der Waals surface area contributed by atoms with Crippen molar-refractivity contribution >= 4 is 5.82 Å². The fourth-order valence-corrected chi connectivity index (χ4v) is 4.16. The summed E-state index contributed by atoms with van der Waals surface area (Å²) in [7, 11) is 2.08. The molecule has 1 unspecified atom stereocenters. The van der Waals surface area contributed by atoms with Crippen molar-refractivity contribution in [2.45, 2.75) is 51.2 Å². The van der Waals surface area contributed by atoms with E-state index in [-0.39, 0.29) is 6.10 Å². The van der Waals surface area contributed by atoms with Gasteiger partial charge in [-0.05, 0) is 38.7 Å². The van der Waals surface area contributed by atoms with E-state index in [1.54, 1.807) is 0 Å². The maximum atomic E-state index is 9.68. The maximum absolute atomic E-state index is 9.68. The molecular weight excluding hydrogens is 342 g/mol. The van der Waals surface area contributed by atoms with Gasteiger partial charge < -0.3 is 14.6 Å². The quantitative estimate of drug-likeness (QED) is 0.866. The number of likely N-dealkylation sites (tertiary alicyclic amines) is 1. The zero-order valence-electron chi connectivity index (χ0n) is 16.3. The van der Waals surface area contributed by atoms with Crippen LogP contribution in [0.5, 0.6) is 0 Å². The minimum absolute atomic E-state index is 0.144. The van der Waals surface area contributed by atoms with Gasteiger partial charge in [0.25, 0.3) is 0 Å². The Morgan fingerprint density at radius 2 is 1.96 bits per heavy atom. The van der Waals surface area contributed by atoms with Crippen LogP contribution in [-0.2, 0) is 13.6 Å². The zero-order chi connectivity index (χ0) is 18.8. The van der Waals surface area contributed by atoms with E-state index in [9.17, 15) is 5.11 Å². The van der Waals surface area contributed by atoms with E-state index < -0.39 is 0 Å². The molecule has 0 amide bonds. The Morgan fingerprint density at radius 1 is 1.15 bits per heavy atom. The van der Waals surface area contributed by atoms with Crippen LogP contribution < -0.4 is 4.90 Å². The zero-order valence-corrected chi connectivity index (χ0v) is 16.3. The van der Waals surface area contributed by atoms with Crippen LogP contribution in [0.15, 0.2) is 12.3 Å². The van der Waals surface area contributed by atoms with Crippen LogP contribution in [0.1, 0.15) is 49.1 Å². The Bertz CT molecular complexity index is 769. The van der Waals surface area contributed by atoms with E-state index in [0.717, 1.165) is 81.7 Å². The average Bonchev–Trinajstić information content (AvgIpc) is 3.04. The highest BCUT2D eigenvalue weighted by Crippen LogP contribution is 2.28. The van der Waals surface area contributed by atoms with Gasteiger partial charge in [0.15, 0.2) is 0 Å². The minimum atomic E-state index is -0.144. The molecule has 4 rings (SSSR count). The number of rotatable bonds is 4. The molecule has 0 radical (unpaired) electrons. The highest BCUT2D eigenvalue weighted by atomic mass is 16.3. The van der Waals surface area contributed by atoms with Gasteiger partial charge in [-0.1, -0.05) is 0 Å². The van der Waals surface area contributed by atoms with Crippen molar-refractivity contribution in [2.24, 2.45) is 7.05 Å². The number of aryl methyl sites for hydroxylation is 1. The van der Waals surface area contributed by atoms with Crippen molar-refractivity contribution in [1.29, 1.82) is 0 Å². The summed E-state index contributed by atoms with van der Waals surface area (Å²) in [5, 5.41) is 18.7. The molecule has 1 atom stereocenters. The first-order valence-corrected chi connectivity index (χ1v) is 9.93. The third kappa shape index (κ3) is 4.11. The van der Waals surface area contributed by atoms with Gasteiger partial charge in [0.05, 0.1) is 12.6 Å². The second kappa shape index (κ2) is 7.90. The van der Waals surface area contributed by atoms with E-state index in [4.69, 9.17) is 0 Å². The van der Waals surface area contributed by atoms with Crippen LogP contribution >= 0.6 is 0 Å². The van der Waals surface area contributed by atoms with Gasteiger partial charge in [-0.15, -0.1) is 10.2 Å². The van der Waals surface area contributed by atoms with Crippen LogP contribution in [0.25, 0.3) is 0 Å². The third-order valence-corrected chi connectivity index (χ3v) is 5.79. The maximum Gasteiger partial charge on any atom is 0.146 e. The second-order valence-corrected chi connectivity index (χ2v) is 7.79. The van der Waals surface area contributed by atoms with Crippen molar-refractivity contribution in [3.63, 3.8) is 0 Å². The van der Waals surface area contributed by atoms with Crippen molar-refractivity contribution in [3.05, 3.63) is 29.7 Å². The molecule has 2 aliphatic heterocycles. The van der Waals surface area contributed by atoms with Crippen molar-refractivity contribution < 1.29 is 5.11 Å². The van der Waals surface area contributed by atoms with Gasteiger partial charge in [-0.25, -0.2) is 9.97 Å². The number of aromatic nitrogens is 5. The molecule has 8 nitrogen and oxygen atoms in total. The van der Waals surface area contributed by atoms with Crippen molar-refractivity contribution in [2.75, 3.05) is 31.1 Å². The molecule has 0 bridgehead atoms. The molecule has 0 spiro atoms. The van der Waals surface area contributed by atoms with E-state index in [2.05, 4.69) is 41.6 Å². The summed E-state index contributed by atoms with van der Waals surface area (Å²) >= 11 is 0. The Hall–Kier alpha value is -2.06. The lowest BCUT2D eigenvalue weighted by Gasteiger charge is -2.33. The third-order valence-electron chi connectivity index (χ3n) is 5.79. The van der Waals surface area contributed by atoms with Crippen molar-refractivity contribution in [1.82, 2.24) is 29.6 Å². The number of nitrogens with zero attached hydrogens (tertiary/aromatic N) is 7. The lowest BCUT2D eigenvalue weighted by molar-refractivity contribution is 0.0775. The highest BCUT2D eigenvalue weighted by Gasteiger charge is 2.27. The second-order valence-electron chi connectivity index (χ2n) is 7.79. The molecule has 27 heavy (non-hydrogen) atoms. The molecule has 1 N–H and O–H groups in total. The fourth-order valence-electron chi connectivity index (χ4n) is 4.16. The molecule has 2 fully saturated rings. The van der Waals surface area contributed by atoms with Gasteiger partial charge in [-0.3, -0.25) is 4.90 Å². The molecule has 2 saturated heterocycles. The van der Waals surface area contributed by atoms with E-state index in [1.807, 2.05) is 19.2 Å². The number of hydrogen-bond acceptors (Lipinski definition) is 7. The first-order valence-electron chi connectivity index (χ1n) is 9.93. The monoisotopic (exact) mass is 371 g/mol. The summed E-state index contributed by atoms with van der Waals surface area (Å²) in [4.78, 5) is 13.5. The molecule has 0 aliphatic carbocycles. The fraction of sp³-hybridized carbons (Fsp3) is 0.684. The van der Waals surface area contributed by atoms with Gasteiger partial charge >= 0.3 is 0 Å². The van der Waals surface area contributed by atoms with Gasteiger partial charge in [0.2, 0.25) is 0 Å². The molecule has 8 heteroatoms. The smallest absolute Gasteiger partial charge is 0.146 e. The van der Waals surface area contributed by atoms with Crippen LogP contribution in [0.2, 0.25) is 0 Å². The van der Waals surface area contributed by atoms with Gasteiger partial charge in [-0.2, -0.15) is 0 Å². The van der Waals surface area contributed by atoms with Crippen LogP contribution in [0.3, 0.4) is 0 Å². The van der Waals surface area contributed by atoms with Crippen molar-refractivity contribution in [3.8, 4) is 0 Å². The van der Waals surface area contributed by atoms with Crippen LogP contribution in [0.4, 0.5) is 5.82 Å². The lowest BCUT2D eigenvalue weighted by Crippen LogP contribution is -2.37. The summed E-state index contributed by atoms with van der Waals surface area (Å²) in [5.41, 5.74) is 0. The lowest BCUT2D eigenvalue weighted by atomic mass is 9.97. The Balaban J connectivity index is 1.44. The molecular formula is C19H29N7O. The summed E-state index contributed by atoms with van der Waals surface area (Å²) in [5.74, 6) is 4.25. The van der Waals surface area contributed by atoms with Gasteiger partial charge in [0, 0.05) is 45.3 Å². The van der Waals surface area contributed by atoms with E-state index >= 15 is 0 Å². The largest absolute Gasteiger partial charge is 0.393 e. The topological polar surface area (TPSA) is 83.2 Å². The predicted octanol–water partition coefficient (Wildman–Crippen LogP) is 1.25. The van der Waals surface area contributed by atoms with Crippen LogP contribution in [0, 0.1) is 6.92 Å². The molecule has 146 valence electrons. The summed E-state index contributed by atoms with van der Waals surface area (Å²) in [6, 6.07) is 1.99. The van der Waals surface area contributed by atoms with Crippen LogP contribution in [-0.4, -0.2) is 67.0 Å². The molecule has 4 heterocycles. The molecule has 2 aromatic rings. The molecule has 0 saturated carbocycles. The number of piperidine rings is 2. The summed E-state index contributed by atoms with van der Waals surface area (Å²) < 4.78 is 2.17. The van der Waals surface area contributed by atoms with E-state index in [0.29, 0.717) is 5.92 Å². The first-order chi connectivity index (χ1) is 13.1. The van der Waals surface area contributed by atoms with Gasteiger partial charge in [0.1, 0.15) is 23.3 Å². The molecule has 0 aromatic carbocycles. The summed E-state index contributed by atoms with van der Waals surface area (Å²) in [6.07, 6.45) is 5.64. The number of aliphatic hydroxyl groups excluding tert-OH is 1. The number of hydrogen-bond donors (Lipinski definition) is 1. The average molecular weight is 371 g/mol. The van der Waals surface area contributed by atoms with E-state index in [1.165, 1.54) is 0 Å². The first kappa shape index (κ1) is 18.3. The Labute approximate surface area is 160 Å². The highest BCUT2D eigenvalue weighted by molar-refractivity contribution is 5.38. The molecule has 2 aliphatic rings. The standard InChI is InChI=1S/C19H29N7O/c1-14-20-8-5-17(21-14)26-9-3-4-15(12-26)19-23-22-18(24(19)2)13-25-10-6-16(27)7-11-25/h5,8,15-16,27H,3-4,6-7,9-13H2,1-2H3. The Kier molecular flexibility index (Phi) is 5.36. The Morgan fingerprint density at radius 3 is 2.74 bits per heavy atom. The normalized spacial score (nSPS) is 22.3. The molecule has 2 aromatic heterocycles. The predicted molar refractivity (Wildman–Crippen MR) is 102 cm³/mol. The number of aliphatic hydroxyl groups is 1. The summed E-state index contributed by atoms with van der Waals surface area (Å²) in [6.45, 7) is 6.52. The SMILES string of the molecule is Cc1nccc(N2CCCC(c3nnc(CN4CCC(O)CC4)n3C)C2)n1.